The predicted octanol–water partition coefficient (Wildman–Crippen LogP) is 2.76. The van der Waals surface area contributed by atoms with Gasteiger partial charge in [0.15, 0.2) is 0 Å². The van der Waals surface area contributed by atoms with Crippen LogP contribution in [0, 0.1) is 0 Å². The number of carbonyl (C=O) groups is 1. The fraction of sp³-hybridized carbons (Fsp3) is 0.462. The summed E-state index contributed by atoms with van der Waals surface area (Å²) in [6.07, 6.45) is 1.19. The first-order chi connectivity index (χ1) is 8.50. The quantitative estimate of drug-likeness (QED) is 0.932. The third-order valence-electron chi connectivity index (χ3n) is 3.41. The number of carboxylic acid groups (broad SMARTS) is 1. The van der Waals surface area contributed by atoms with Crippen molar-refractivity contribution >= 4 is 27.6 Å². The number of aromatic carboxylic acids is 1. The molecule has 0 spiro atoms. The van der Waals surface area contributed by atoms with E-state index in [2.05, 4.69) is 27.8 Å². The van der Waals surface area contributed by atoms with Crippen molar-refractivity contribution in [1.29, 1.82) is 0 Å². The van der Waals surface area contributed by atoms with Gasteiger partial charge in [-0.05, 0) is 47.5 Å². The first-order valence-corrected chi connectivity index (χ1v) is 6.67. The summed E-state index contributed by atoms with van der Waals surface area (Å²) in [4.78, 5) is 13.0. The van der Waals surface area contributed by atoms with Gasteiger partial charge in [0.2, 0.25) is 0 Å². The molecule has 0 aliphatic carbocycles. The van der Waals surface area contributed by atoms with E-state index in [1.54, 1.807) is 12.1 Å². The average molecular weight is 314 g/mol. The number of nitrogens with zero attached hydrogens (tertiary/aromatic N) is 1. The van der Waals surface area contributed by atoms with E-state index >= 15 is 0 Å². The minimum Gasteiger partial charge on any atom is -0.478 e. The van der Waals surface area contributed by atoms with E-state index in [9.17, 15) is 4.79 Å². The zero-order valence-electron chi connectivity index (χ0n) is 10.4. The van der Waals surface area contributed by atoms with Gasteiger partial charge in [-0.15, -0.1) is 0 Å². The lowest BCUT2D eigenvalue weighted by Crippen LogP contribution is -2.36. The Kier molecular flexibility index (Phi) is 3.92. The molecule has 2 rings (SSSR count). The maximum atomic E-state index is 10.9. The third kappa shape index (κ3) is 2.52. The smallest absolute Gasteiger partial charge is 0.335 e. The molecule has 2 atom stereocenters. The SMILES string of the molecule is CC1OCCC1N(C)c1ccc(C(=O)O)cc1Br. The molecule has 1 heterocycles. The van der Waals surface area contributed by atoms with Crippen molar-refractivity contribution in [1.82, 2.24) is 0 Å². The molecule has 0 saturated carbocycles. The van der Waals surface area contributed by atoms with E-state index in [1.807, 2.05) is 13.1 Å². The standard InChI is InChI=1S/C13H16BrNO3/c1-8-11(5-6-18-8)15(2)12-4-3-9(13(16)17)7-10(12)14/h3-4,7-8,11H,5-6H2,1-2H3,(H,16,17). The molecule has 98 valence electrons. The second kappa shape index (κ2) is 5.28. The van der Waals surface area contributed by atoms with Crippen LogP contribution in [0.5, 0.6) is 0 Å². The lowest BCUT2D eigenvalue weighted by atomic mass is 10.1. The second-order valence-electron chi connectivity index (χ2n) is 4.51. The number of halogens is 1. The van der Waals surface area contributed by atoms with Crippen molar-refractivity contribution in [2.75, 3.05) is 18.6 Å². The average Bonchev–Trinajstić information content (AvgIpc) is 2.74. The highest BCUT2D eigenvalue weighted by atomic mass is 79.9. The maximum absolute atomic E-state index is 10.9. The van der Waals surface area contributed by atoms with Crippen LogP contribution < -0.4 is 4.90 Å². The molecule has 1 aromatic carbocycles. The molecule has 4 nitrogen and oxygen atoms in total. The predicted molar refractivity (Wildman–Crippen MR) is 73.3 cm³/mol. The van der Waals surface area contributed by atoms with Crippen LogP contribution in [0.4, 0.5) is 5.69 Å². The number of hydrogen-bond donors (Lipinski definition) is 1. The number of carboxylic acids is 1. The minimum atomic E-state index is -0.914. The first kappa shape index (κ1) is 13.4. The molecule has 1 fully saturated rings. The van der Waals surface area contributed by atoms with Gasteiger partial charge in [-0.25, -0.2) is 4.79 Å². The van der Waals surface area contributed by atoms with Crippen LogP contribution in [0.15, 0.2) is 22.7 Å². The fourth-order valence-corrected chi connectivity index (χ4v) is 2.99. The van der Waals surface area contributed by atoms with Gasteiger partial charge in [0.25, 0.3) is 0 Å². The van der Waals surface area contributed by atoms with Crippen LogP contribution in [0.25, 0.3) is 0 Å². The molecule has 1 aromatic rings. The van der Waals surface area contributed by atoms with E-state index in [-0.39, 0.29) is 11.7 Å². The fourth-order valence-electron chi connectivity index (χ4n) is 2.33. The van der Waals surface area contributed by atoms with Crippen molar-refractivity contribution in [2.45, 2.75) is 25.5 Å². The summed E-state index contributed by atoms with van der Waals surface area (Å²) in [7, 11) is 2.01. The van der Waals surface area contributed by atoms with Gasteiger partial charge in [0, 0.05) is 18.1 Å². The highest BCUT2D eigenvalue weighted by molar-refractivity contribution is 9.10. The summed E-state index contributed by atoms with van der Waals surface area (Å²) in [5.74, 6) is -0.914. The Hall–Kier alpha value is -1.07. The van der Waals surface area contributed by atoms with Gasteiger partial charge in [-0.3, -0.25) is 0 Å². The van der Waals surface area contributed by atoms with E-state index in [1.165, 1.54) is 0 Å². The monoisotopic (exact) mass is 313 g/mol. The number of rotatable bonds is 3. The van der Waals surface area contributed by atoms with Gasteiger partial charge in [0.1, 0.15) is 0 Å². The van der Waals surface area contributed by atoms with Crippen LogP contribution in [0.2, 0.25) is 0 Å². The van der Waals surface area contributed by atoms with E-state index in [0.29, 0.717) is 6.04 Å². The Bertz CT molecular complexity index is 464. The third-order valence-corrected chi connectivity index (χ3v) is 4.04. The Labute approximate surface area is 115 Å². The van der Waals surface area contributed by atoms with Crippen LogP contribution in [-0.2, 0) is 4.74 Å². The molecule has 1 N–H and O–H groups in total. The first-order valence-electron chi connectivity index (χ1n) is 5.88. The van der Waals surface area contributed by atoms with Crippen LogP contribution in [0.3, 0.4) is 0 Å². The van der Waals surface area contributed by atoms with E-state index < -0.39 is 5.97 Å². The van der Waals surface area contributed by atoms with Crippen molar-refractivity contribution in [3.05, 3.63) is 28.2 Å². The molecule has 18 heavy (non-hydrogen) atoms. The van der Waals surface area contributed by atoms with Crippen LogP contribution in [-0.4, -0.2) is 36.9 Å². The van der Waals surface area contributed by atoms with Gasteiger partial charge < -0.3 is 14.7 Å². The highest BCUT2D eigenvalue weighted by Gasteiger charge is 2.28. The van der Waals surface area contributed by atoms with E-state index in [0.717, 1.165) is 23.2 Å². The molecule has 1 aliphatic rings. The number of anilines is 1. The van der Waals surface area contributed by atoms with Crippen molar-refractivity contribution < 1.29 is 14.6 Å². The largest absolute Gasteiger partial charge is 0.478 e. The molecule has 0 aromatic heterocycles. The normalized spacial score (nSPS) is 23.1. The van der Waals surface area contributed by atoms with Crippen LogP contribution in [0.1, 0.15) is 23.7 Å². The molecule has 1 saturated heterocycles. The summed E-state index contributed by atoms with van der Waals surface area (Å²) in [6.45, 7) is 2.84. The zero-order chi connectivity index (χ0) is 13.3. The highest BCUT2D eigenvalue weighted by Crippen LogP contribution is 2.31. The number of ether oxygens (including phenoxy) is 1. The molecular weight excluding hydrogens is 298 g/mol. The summed E-state index contributed by atoms with van der Waals surface area (Å²) < 4.78 is 6.35. The Morgan fingerprint density at radius 2 is 2.28 bits per heavy atom. The van der Waals surface area contributed by atoms with Gasteiger partial charge in [-0.1, -0.05) is 0 Å². The maximum Gasteiger partial charge on any atom is 0.335 e. The van der Waals surface area contributed by atoms with Gasteiger partial charge in [-0.2, -0.15) is 0 Å². The van der Waals surface area contributed by atoms with E-state index in [4.69, 9.17) is 9.84 Å². The van der Waals surface area contributed by atoms with Crippen LogP contribution >= 0.6 is 15.9 Å². The lowest BCUT2D eigenvalue weighted by Gasteiger charge is -2.29. The molecule has 0 bridgehead atoms. The van der Waals surface area contributed by atoms with Crippen molar-refractivity contribution in [3.63, 3.8) is 0 Å². The minimum absolute atomic E-state index is 0.195. The molecule has 5 heteroatoms. The summed E-state index contributed by atoms with van der Waals surface area (Å²) in [6, 6.07) is 5.42. The molecular formula is C13H16BrNO3. The van der Waals surface area contributed by atoms with Gasteiger partial charge in [0.05, 0.1) is 23.4 Å². The summed E-state index contributed by atoms with van der Waals surface area (Å²) in [5, 5.41) is 8.94. The van der Waals surface area contributed by atoms with Gasteiger partial charge >= 0.3 is 5.97 Å². The molecule has 0 amide bonds. The van der Waals surface area contributed by atoms with Crippen molar-refractivity contribution in [3.8, 4) is 0 Å². The number of hydrogen-bond acceptors (Lipinski definition) is 3. The summed E-state index contributed by atoms with van der Waals surface area (Å²) >= 11 is 3.44. The number of likely N-dealkylation sites (N-methyl/N-ethyl adjacent to an activating group) is 1. The summed E-state index contributed by atoms with van der Waals surface area (Å²) in [5.41, 5.74) is 1.28. The Morgan fingerprint density at radius 3 is 2.78 bits per heavy atom. The van der Waals surface area contributed by atoms with Crippen molar-refractivity contribution in [2.24, 2.45) is 0 Å². The second-order valence-corrected chi connectivity index (χ2v) is 5.37. The zero-order valence-corrected chi connectivity index (χ0v) is 12.0. The number of benzene rings is 1. The lowest BCUT2D eigenvalue weighted by molar-refractivity contribution is 0.0697. The topological polar surface area (TPSA) is 49.8 Å². The molecule has 0 radical (unpaired) electrons. The molecule has 1 aliphatic heterocycles. The molecule has 2 unspecified atom stereocenters. The Morgan fingerprint density at radius 1 is 1.56 bits per heavy atom. The Balaban J connectivity index is 2.25.